The van der Waals surface area contributed by atoms with Crippen LogP contribution < -0.4 is 10.6 Å². The second-order valence-corrected chi connectivity index (χ2v) is 6.42. The molecular weight excluding hydrogens is 341 g/mol. The Bertz CT molecular complexity index is 916. The largest absolute Gasteiger partial charge is 0.356 e. The van der Waals surface area contributed by atoms with Crippen LogP contribution in [0.1, 0.15) is 17.8 Å². The standard InChI is InChI=1S/C21H26FN5/c1-16-26-19-10-5-6-11-20(19)27(16)15-7-13-24-21(23-2)25-14-12-17-8-3-4-9-18(17)22/h3-6,8-11H,7,12-15H2,1-2H3,(H2,23,24,25). The predicted molar refractivity (Wildman–Crippen MR) is 109 cm³/mol. The zero-order valence-electron chi connectivity index (χ0n) is 15.9. The predicted octanol–water partition coefficient (Wildman–Crippen LogP) is 3.28. The van der Waals surface area contributed by atoms with E-state index in [2.05, 4.69) is 31.2 Å². The maximum atomic E-state index is 13.6. The molecule has 0 saturated heterocycles. The minimum Gasteiger partial charge on any atom is -0.356 e. The van der Waals surface area contributed by atoms with E-state index in [1.165, 1.54) is 11.6 Å². The zero-order chi connectivity index (χ0) is 19.1. The van der Waals surface area contributed by atoms with Gasteiger partial charge in [-0.05, 0) is 43.5 Å². The molecule has 5 nitrogen and oxygen atoms in total. The number of hydrogen-bond donors (Lipinski definition) is 2. The molecular formula is C21H26FN5. The third kappa shape index (κ3) is 4.84. The first-order valence-electron chi connectivity index (χ1n) is 9.29. The Kier molecular flexibility index (Phi) is 6.41. The fraction of sp³-hybridized carbons (Fsp3) is 0.333. The first kappa shape index (κ1) is 18.9. The Morgan fingerprint density at radius 2 is 1.81 bits per heavy atom. The molecule has 0 aliphatic carbocycles. The summed E-state index contributed by atoms with van der Waals surface area (Å²) >= 11 is 0. The van der Waals surface area contributed by atoms with E-state index in [1.807, 2.05) is 37.3 Å². The molecule has 0 bridgehead atoms. The minimum atomic E-state index is -0.162. The summed E-state index contributed by atoms with van der Waals surface area (Å²) in [4.78, 5) is 8.82. The van der Waals surface area contributed by atoms with Gasteiger partial charge in [0, 0.05) is 26.7 Å². The summed E-state index contributed by atoms with van der Waals surface area (Å²) < 4.78 is 15.9. The quantitative estimate of drug-likeness (QED) is 0.383. The number of rotatable bonds is 7. The van der Waals surface area contributed by atoms with Gasteiger partial charge in [0.25, 0.3) is 0 Å². The van der Waals surface area contributed by atoms with Gasteiger partial charge in [0.15, 0.2) is 5.96 Å². The number of imidazole rings is 1. The van der Waals surface area contributed by atoms with E-state index in [1.54, 1.807) is 13.1 Å². The lowest BCUT2D eigenvalue weighted by Gasteiger charge is -2.13. The van der Waals surface area contributed by atoms with Crippen LogP contribution >= 0.6 is 0 Å². The van der Waals surface area contributed by atoms with Gasteiger partial charge in [-0.2, -0.15) is 0 Å². The van der Waals surface area contributed by atoms with Crippen molar-refractivity contribution >= 4 is 17.0 Å². The van der Waals surface area contributed by atoms with Crippen LogP contribution in [0, 0.1) is 12.7 Å². The lowest BCUT2D eigenvalue weighted by atomic mass is 10.1. The van der Waals surface area contributed by atoms with E-state index in [4.69, 9.17) is 0 Å². The van der Waals surface area contributed by atoms with E-state index in [-0.39, 0.29) is 5.82 Å². The number of para-hydroxylation sites is 2. The SMILES string of the molecule is CN=C(NCCCn1c(C)nc2ccccc21)NCCc1ccccc1F. The topological polar surface area (TPSA) is 54.2 Å². The molecule has 6 heteroatoms. The summed E-state index contributed by atoms with van der Waals surface area (Å²) in [7, 11) is 1.74. The van der Waals surface area contributed by atoms with Crippen molar-refractivity contribution in [1.82, 2.24) is 20.2 Å². The molecule has 1 heterocycles. The molecule has 27 heavy (non-hydrogen) atoms. The van der Waals surface area contributed by atoms with Crippen molar-refractivity contribution < 1.29 is 4.39 Å². The summed E-state index contributed by atoms with van der Waals surface area (Å²) in [5.41, 5.74) is 2.92. The number of nitrogens with one attached hydrogen (secondary N) is 2. The Labute approximate surface area is 159 Å². The lowest BCUT2D eigenvalue weighted by molar-refractivity contribution is 0.605. The van der Waals surface area contributed by atoms with Crippen molar-refractivity contribution in [3.63, 3.8) is 0 Å². The van der Waals surface area contributed by atoms with E-state index in [0.29, 0.717) is 18.5 Å². The number of hydrogen-bond acceptors (Lipinski definition) is 2. The van der Waals surface area contributed by atoms with E-state index >= 15 is 0 Å². The molecule has 0 radical (unpaired) electrons. The molecule has 0 amide bonds. The summed E-state index contributed by atoms with van der Waals surface area (Å²) in [6.45, 7) is 4.36. The van der Waals surface area contributed by atoms with E-state index in [9.17, 15) is 4.39 Å². The van der Waals surface area contributed by atoms with Gasteiger partial charge in [-0.1, -0.05) is 30.3 Å². The van der Waals surface area contributed by atoms with Crippen molar-refractivity contribution in [3.8, 4) is 0 Å². The van der Waals surface area contributed by atoms with Gasteiger partial charge >= 0.3 is 0 Å². The van der Waals surface area contributed by atoms with Gasteiger partial charge in [0.1, 0.15) is 11.6 Å². The smallest absolute Gasteiger partial charge is 0.190 e. The average molecular weight is 367 g/mol. The van der Waals surface area contributed by atoms with Gasteiger partial charge in [-0.25, -0.2) is 9.37 Å². The van der Waals surface area contributed by atoms with Crippen LogP contribution in [0.4, 0.5) is 4.39 Å². The summed E-state index contributed by atoms with van der Waals surface area (Å²) in [5, 5.41) is 6.54. The highest BCUT2D eigenvalue weighted by Crippen LogP contribution is 2.15. The zero-order valence-corrected chi connectivity index (χ0v) is 15.9. The van der Waals surface area contributed by atoms with Crippen molar-refractivity contribution in [2.75, 3.05) is 20.1 Å². The van der Waals surface area contributed by atoms with Crippen molar-refractivity contribution in [3.05, 3.63) is 65.7 Å². The fourth-order valence-electron chi connectivity index (χ4n) is 3.16. The summed E-state index contributed by atoms with van der Waals surface area (Å²) in [6.07, 6.45) is 1.57. The van der Waals surface area contributed by atoms with Crippen LogP contribution in [0.2, 0.25) is 0 Å². The first-order valence-corrected chi connectivity index (χ1v) is 9.29. The number of aromatic nitrogens is 2. The van der Waals surface area contributed by atoms with Crippen LogP contribution in [-0.2, 0) is 13.0 Å². The highest BCUT2D eigenvalue weighted by Gasteiger charge is 2.06. The maximum Gasteiger partial charge on any atom is 0.190 e. The molecule has 0 fully saturated rings. The van der Waals surface area contributed by atoms with Gasteiger partial charge in [-0.3, -0.25) is 4.99 Å². The van der Waals surface area contributed by atoms with Crippen LogP contribution in [0.5, 0.6) is 0 Å². The lowest BCUT2D eigenvalue weighted by Crippen LogP contribution is -2.39. The Hall–Kier alpha value is -2.89. The molecule has 3 rings (SSSR count). The van der Waals surface area contributed by atoms with Crippen molar-refractivity contribution in [2.45, 2.75) is 26.3 Å². The second-order valence-electron chi connectivity index (χ2n) is 6.42. The average Bonchev–Trinajstić information content (AvgIpc) is 3.00. The van der Waals surface area contributed by atoms with Gasteiger partial charge < -0.3 is 15.2 Å². The van der Waals surface area contributed by atoms with Gasteiger partial charge in [0.05, 0.1) is 11.0 Å². The number of aryl methyl sites for hydroxylation is 2. The van der Waals surface area contributed by atoms with Gasteiger partial charge in [0.2, 0.25) is 0 Å². The van der Waals surface area contributed by atoms with Crippen LogP contribution in [0.3, 0.4) is 0 Å². The molecule has 0 aliphatic heterocycles. The van der Waals surface area contributed by atoms with Crippen molar-refractivity contribution in [1.29, 1.82) is 0 Å². The molecule has 0 unspecified atom stereocenters. The monoisotopic (exact) mass is 367 g/mol. The number of nitrogens with zero attached hydrogens (tertiary/aromatic N) is 3. The van der Waals surface area contributed by atoms with Crippen LogP contribution in [-0.4, -0.2) is 35.6 Å². The number of halogens is 1. The highest BCUT2D eigenvalue weighted by molar-refractivity contribution is 5.79. The van der Waals surface area contributed by atoms with Crippen LogP contribution in [0.25, 0.3) is 11.0 Å². The second kappa shape index (κ2) is 9.16. The molecule has 142 valence electrons. The number of aliphatic imine (C=N–C) groups is 1. The summed E-state index contributed by atoms with van der Waals surface area (Å²) in [5.74, 6) is 1.60. The number of benzene rings is 2. The molecule has 0 spiro atoms. The number of fused-ring (bicyclic) bond motifs is 1. The molecule has 0 atom stereocenters. The maximum absolute atomic E-state index is 13.6. The first-order chi connectivity index (χ1) is 13.2. The Balaban J connectivity index is 1.43. The van der Waals surface area contributed by atoms with E-state index in [0.717, 1.165) is 36.8 Å². The summed E-state index contributed by atoms with van der Waals surface area (Å²) in [6, 6.07) is 15.1. The molecule has 2 N–H and O–H groups in total. The van der Waals surface area contributed by atoms with Crippen molar-refractivity contribution in [2.24, 2.45) is 4.99 Å². The molecule has 3 aromatic rings. The molecule has 0 saturated carbocycles. The Morgan fingerprint density at radius 3 is 2.63 bits per heavy atom. The highest BCUT2D eigenvalue weighted by atomic mass is 19.1. The molecule has 2 aromatic carbocycles. The fourth-order valence-corrected chi connectivity index (χ4v) is 3.16. The minimum absolute atomic E-state index is 0.162. The normalized spacial score (nSPS) is 11.7. The van der Waals surface area contributed by atoms with E-state index < -0.39 is 0 Å². The molecule has 1 aromatic heterocycles. The Morgan fingerprint density at radius 1 is 1.07 bits per heavy atom. The number of guanidine groups is 1. The molecule has 0 aliphatic rings. The van der Waals surface area contributed by atoms with Crippen LogP contribution in [0.15, 0.2) is 53.5 Å². The third-order valence-electron chi connectivity index (χ3n) is 4.56. The third-order valence-corrected chi connectivity index (χ3v) is 4.56. The van der Waals surface area contributed by atoms with Gasteiger partial charge in [-0.15, -0.1) is 0 Å².